The number of ether oxygens (including phenoxy) is 1. The van der Waals surface area contributed by atoms with Crippen molar-refractivity contribution in [2.45, 2.75) is 13.3 Å². The van der Waals surface area contributed by atoms with Crippen molar-refractivity contribution in [2.75, 3.05) is 25.5 Å². The van der Waals surface area contributed by atoms with E-state index in [2.05, 4.69) is 21.2 Å². The molecule has 0 unspecified atom stereocenters. The van der Waals surface area contributed by atoms with Crippen molar-refractivity contribution in [2.24, 2.45) is 0 Å². The van der Waals surface area contributed by atoms with Gasteiger partial charge < -0.3 is 15.0 Å². The monoisotopic (exact) mass is 422 g/mol. The number of benzene rings is 2. The van der Waals surface area contributed by atoms with Crippen LogP contribution in [0.25, 0.3) is 0 Å². The Kier molecular flexibility index (Phi) is 7.15. The van der Waals surface area contributed by atoms with E-state index in [0.717, 1.165) is 6.07 Å². The number of halogens is 2. The molecule has 0 atom stereocenters. The van der Waals surface area contributed by atoms with Crippen LogP contribution in [0.15, 0.2) is 46.9 Å². The molecule has 0 saturated carbocycles. The van der Waals surface area contributed by atoms with Crippen LogP contribution >= 0.6 is 15.9 Å². The molecule has 1 N–H and O–H groups in total. The Bertz CT molecular complexity index is 798. The summed E-state index contributed by atoms with van der Waals surface area (Å²) in [5.74, 6) is -0.745. The summed E-state index contributed by atoms with van der Waals surface area (Å²) in [6.45, 7) is 2.13. The Labute approximate surface area is 160 Å². The highest BCUT2D eigenvalue weighted by molar-refractivity contribution is 9.10. The average Bonchev–Trinajstić information content (AvgIpc) is 2.63. The Morgan fingerprint density at radius 2 is 1.96 bits per heavy atom. The van der Waals surface area contributed by atoms with E-state index in [-0.39, 0.29) is 18.0 Å². The second-order valence-electron chi connectivity index (χ2n) is 5.60. The lowest BCUT2D eigenvalue weighted by atomic mass is 10.2. The van der Waals surface area contributed by atoms with Gasteiger partial charge in [-0.2, -0.15) is 0 Å². The molecule has 2 aromatic carbocycles. The number of rotatable bonds is 7. The summed E-state index contributed by atoms with van der Waals surface area (Å²) in [6.07, 6.45) is 0.667. The molecule has 26 heavy (non-hydrogen) atoms. The SMILES string of the molecule is CCCN(CC(=O)Nc1ccccc1OC)C(=O)c1cc(F)ccc1Br. The number of nitrogens with zero attached hydrogens (tertiary/aromatic N) is 1. The number of methoxy groups -OCH3 is 1. The zero-order valence-corrected chi connectivity index (χ0v) is 16.2. The third kappa shape index (κ3) is 5.05. The summed E-state index contributed by atoms with van der Waals surface area (Å²) in [5.41, 5.74) is 0.708. The van der Waals surface area contributed by atoms with Crippen molar-refractivity contribution >= 4 is 33.4 Å². The Morgan fingerprint density at radius 3 is 2.65 bits per heavy atom. The fraction of sp³-hybridized carbons (Fsp3) is 0.263. The van der Waals surface area contributed by atoms with Gasteiger partial charge in [-0.25, -0.2) is 4.39 Å². The predicted octanol–water partition coefficient (Wildman–Crippen LogP) is 4.09. The molecule has 2 amide bonds. The summed E-state index contributed by atoms with van der Waals surface area (Å²) >= 11 is 3.26. The van der Waals surface area contributed by atoms with E-state index in [1.165, 1.54) is 24.1 Å². The predicted molar refractivity (Wildman–Crippen MR) is 102 cm³/mol. The van der Waals surface area contributed by atoms with Gasteiger partial charge in [-0.3, -0.25) is 9.59 Å². The lowest BCUT2D eigenvalue weighted by Crippen LogP contribution is -2.38. The third-order valence-corrected chi connectivity index (χ3v) is 4.35. The van der Waals surface area contributed by atoms with Gasteiger partial charge in [0.2, 0.25) is 5.91 Å². The fourth-order valence-corrected chi connectivity index (χ4v) is 2.88. The second-order valence-corrected chi connectivity index (χ2v) is 6.45. The van der Waals surface area contributed by atoms with Crippen LogP contribution < -0.4 is 10.1 Å². The Balaban J connectivity index is 2.15. The maximum absolute atomic E-state index is 13.5. The molecule has 7 heteroatoms. The van der Waals surface area contributed by atoms with Crippen molar-refractivity contribution in [3.05, 3.63) is 58.3 Å². The van der Waals surface area contributed by atoms with Crippen LogP contribution in [0.4, 0.5) is 10.1 Å². The number of amides is 2. The molecule has 0 radical (unpaired) electrons. The Hall–Kier alpha value is -2.41. The smallest absolute Gasteiger partial charge is 0.255 e. The number of carbonyl (C=O) groups excluding carboxylic acids is 2. The molecule has 0 aliphatic carbocycles. The quantitative estimate of drug-likeness (QED) is 0.730. The molecule has 0 aliphatic heterocycles. The molecule has 2 rings (SSSR count). The van der Waals surface area contributed by atoms with Gasteiger partial charge in [-0.15, -0.1) is 0 Å². The minimum Gasteiger partial charge on any atom is -0.495 e. The lowest BCUT2D eigenvalue weighted by molar-refractivity contribution is -0.116. The lowest BCUT2D eigenvalue weighted by Gasteiger charge is -2.22. The normalized spacial score (nSPS) is 10.3. The summed E-state index contributed by atoms with van der Waals surface area (Å²) in [7, 11) is 1.51. The van der Waals surface area contributed by atoms with Crippen molar-refractivity contribution in [3.63, 3.8) is 0 Å². The van der Waals surface area contributed by atoms with Gasteiger partial charge in [-0.1, -0.05) is 19.1 Å². The molecule has 0 aromatic heterocycles. The standard InChI is InChI=1S/C19H20BrFN2O3/c1-3-10-23(19(25)14-11-13(21)8-9-15(14)20)12-18(24)22-16-6-4-5-7-17(16)26-2/h4-9,11H,3,10,12H2,1-2H3,(H,22,24). The van der Waals surface area contributed by atoms with Crippen LogP contribution in [0.2, 0.25) is 0 Å². The van der Waals surface area contributed by atoms with E-state index in [0.29, 0.717) is 28.9 Å². The number of hydrogen-bond donors (Lipinski definition) is 1. The molecule has 0 heterocycles. The van der Waals surface area contributed by atoms with E-state index in [1.54, 1.807) is 24.3 Å². The maximum atomic E-state index is 13.5. The molecule has 2 aromatic rings. The first-order valence-electron chi connectivity index (χ1n) is 8.13. The number of nitrogens with one attached hydrogen (secondary N) is 1. The molecule has 138 valence electrons. The van der Waals surface area contributed by atoms with Crippen LogP contribution in [-0.2, 0) is 4.79 Å². The third-order valence-electron chi connectivity index (χ3n) is 3.66. The molecule has 5 nitrogen and oxygen atoms in total. The first kappa shape index (κ1) is 19.9. The number of anilines is 1. The summed E-state index contributed by atoms with van der Waals surface area (Å²) in [4.78, 5) is 26.5. The first-order chi connectivity index (χ1) is 12.5. The van der Waals surface area contributed by atoms with Crippen molar-refractivity contribution in [1.29, 1.82) is 0 Å². The van der Waals surface area contributed by atoms with Crippen LogP contribution in [0, 0.1) is 5.82 Å². The Morgan fingerprint density at radius 1 is 1.23 bits per heavy atom. The highest BCUT2D eigenvalue weighted by Crippen LogP contribution is 2.23. The summed E-state index contributed by atoms with van der Waals surface area (Å²) in [5, 5.41) is 2.74. The molecule has 0 aliphatic rings. The highest BCUT2D eigenvalue weighted by Gasteiger charge is 2.21. The van der Waals surface area contributed by atoms with Crippen LogP contribution in [0.1, 0.15) is 23.7 Å². The minimum absolute atomic E-state index is 0.145. The van der Waals surface area contributed by atoms with Crippen molar-refractivity contribution in [3.8, 4) is 5.75 Å². The van der Waals surface area contributed by atoms with Gasteiger partial charge in [0.25, 0.3) is 5.91 Å². The van der Waals surface area contributed by atoms with E-state index in [9.17, 15) is 14.0 Å². The maximum Gasteiger partial charge on any atom is 0.255 e. The number of para-hydroxylation sites is 2. The average molecular weight is 423 g/mol. The molecular formula is C19H20BrFN2O3. The van der Waals surface area contributed by atoms with Crippen molar-refractivity contribution in [1.82, 2.24) is 4.90 Å². The highest BCUT2D eigenvalue weighted by atomic mass is 79.9. The zero-order valence-electron chi connectivity index (χ0n) is 14.6. The van der Waals surface area contributed by atoms with E-state index < -0.39 is 11.7 Å². The van der Waals surface area contributed by atoms with Crippen molar-refractivity contribution < 1.29 is 18.7 Å². The first-order valence-corrected chi connectivity index (χ1v) is 8.92. The van der Waals surface area contributed by atoms with Crippen LogP contribution in [-0.4, -0.2) is 36.9 Å². The number of carbonyl (C=O) groups is 2. The van der Waals surface area contributed by atoms with Gasteiger partial charge >= 0.3 is 0 Å². The van der Waals surface area contributed by atoms with Gasteiger partial charge in [0.15, 0.2) is 0 Å². The number of hydrogen-bond acceptors (Lipinski definition) is 3. The topological polar surface area (TPSA) is 58.6 Å². The van der Waals surface area contributed by atoms with E-state index >= 15 is 0 Å². The van der Waals surface area contributed by atoms with Crippen LogP contribution in [0.5, 0.6) is 5.75 Å². The van der Waals surface area contributed by atoms with Gasteiger partial charge in [-0.05, 0) is 52.7 Å². The van der Waals surface area contributed by atoms with E-state index in [1.807, 2.05) is 6.92 Å². The van der Waals surface area contributed by atoms with Gasteiger partial charge in [0.1, 0.15) is 18.1 Å². The van der Waals surface area contributed by atoms with E-state index in [4.69, 9.17) is 4.74 Å². The van der Waals surface area contributed by atoms with Gasteiger partial charge in [0.05, 0.1) is 18.4 Å². The summed E-state index contributed by atoms with van der Waals surface area (Å²) < 4.78 is 19.2. The van der Waals surface area contributed by atoms with Crippen LogP contribution in [0.3, 0.4) is 0 Å². The largest absolute Gasteiger partial charge is 0.495 e. The van der Waals surface area contributed by atoms with Gasteiger partial charge in [0, 0.05) is 11.0 Å². The molecular weight excluding hydrogens is 403 g/mol. The molecule has 0 spiro atoms. The molecule has 0 fully saturated rings. The molecule has 0 saturated heterocycles. The fourth-order valence-electron chi connectivity index (χ4n) is 2.47. The minimum atomic E-state index is -0.508. The second kappa shape index (κ2) is 9.33. The summed E-state index contributed by atoms with van der Waals surface area (Å²) in [6, 6.07) is 10.9. The molecule has 0 bridgehead atoms. The zero-order chi connectivity index (χ0) is 19.1.